The first-order valence-corrected chi connectivity index (χ1v) is 1.77. The molecule has 0 aromatic carbocycles. The third kappa shape index (κ3) is 2.05. The van der Waals surface area contributed by atoms with Crippen molar-refractivity contribution in [3.05, 3.63) is 11.3 Å². The fourth-order valence-corrected chi connectivity index (χ4v) is 0.0504. The number of carboxylic acids is 1. The highest BCUT2D eigenvalue weighted by molar-refractivity contribution is 6.40. The summed E-state index contributed by atoms with van der Waals surface area (Å²) in [7, 11) is 0. The van der Waals surface area contributed by atoms with Gasteiger partial charge in [0.05, 0.1) is 0 Å². The number of hydrogen-bond donors (Lipinski definition) is 1. The van der Waals surface area contributed by atoms with Gasteiger partial charge in [-0.3, -0.25) is 0 Å². The number of rotatable bonds is 1. The van der Waals surface area contributed by atoms with Crippen molar-refractivity contribution >= 4 is 17.6 Å². The Labute approximate surface area is 44.8 Å². The molecule has 7 heavy (non-hydrogen) atoms. The van der Waals surface area contributed by atoms with Gasteiger partial charge in [-0.15, -0.1) is 6.26 Å². The van der Waals surface area contributed by atoms with E-state index < -0.39 is 11.0 Å². The number of halogens is 1. The normalized spacial score (nSPS) is 11.3. The molecule has 0 aliphatic carbocycles. The Morgan fingerprint density at radius 3 is 2.29 bits per heavy atom. The smallest absolute Gasteiger partial charge is 0.346 e. The first kappa shape index (κ1) is 6.30. The van der Waals surface area contributed by atoms with E-state index in [1.807, 2.05) is 0 Å². The third-order valence-corrected chi connectivity index (χ3v) is 0.559. The monoisotopic (exact) mass is 121 g/mol. The van der Waals surface area contributed by atoms with Crippen LogP contribution < -0.4 is 5.11 Å². The van der Waals surface area contributed by atoms with Gasteiger partial charge in [-0.1, -0.05) is 11.6 Å². The highest BCUT2D eigenvalue weighted by Crippen LogP contribution is 1.95. The fraction of sp³-hybridized carbons (Fsp3) is 0. The summed E-state index contributed by atoms with van der Waals surface area (Å²) in [5.74, 6) is -1.39. The Hall–Kier alpha value is -0.700. The van der Waals surface area contributed by atoms with Gasteiger partial charge in [-0.25, -0.2) is 4.79 Å². The zero-order valence-corrected chi connectivity index (χ0v) is 3.97. The quantitative estimate of drug-likeness (QED) is 0.376. The predicted octanol–water partition coefficient (Wildman–Crippen LogP) is -0.488. The molecule has 0 saturated heterocycles. The summed E-state index contributed by atoms with van der Waals surface area (Å²) in [5.41, 5.74) is 0. The van der Waals surface area contributed by atoms with Crippen LogP contribution in [0.5, 0.6) is 0 Å². The molecule has 0 atom stereocenters. The average molecular weight is 121 g/mol. The lowest BCUT2D eigenvalue weighted by atomic mass is 10.6. The largest absolute Gasteiger partial charge is 0.877 e. The van der Waals surface area contributed by atoms with Crippen molar-refractivity contribution in [3.63, 3.8) is 0 Å². The summed E-state index contributed by atoms with van der Waals surface area (Å²) in [4.78, 5) is 9.53. The Balaban J connectivity index is 3.82. The Bertz CT molecular complexity index is 107. The predicted molar refractivity (Wildman–Crippen MR) is 21.6 cm³/mol. The van der Waals surface area contributed by atoms with Crippen LogP contribution in [-0.4, -0.2) is 11.1 Å². The molecule has 0 saturated carbocycles. The molecule has 0 spiro atoms. The topological polar surface area (TPSA) is 60.4 Å². The van der Waals surface area contributed by atoms with Crippen molar-refractivity contribution < 1.29 is 15.0 Å². The van der Waals surface area contributed by atoms with Crippen molar-refractivity contribution in [1.82, 2.24) is 0 Å². The van der Waals surface area contributed by atoms with Crippen molar-refractivity contribution in [1.29, 1.82) is 0 Å². The van der Waals surface area contributed by atoms with Crippen LogP contribution >= 0.6 is 11.6 Å². The lowest BCUT2D eigenvalue weighted by molar-refractivity contribution is -0.275. The molecular formula is C3H2ClO3-. The molecule has 0 amide bonds. The summed E-state index contributed by atoms with van der Waals surface area (Å²) in [5, 5.41) is 16.5. The molecule has 4 heteroatoms. The third-order valence-electron chi connectivity index (χ3n) is 0.308. The van der Waals surface area contributed by atoms with Gasteiger partial charge in [0.2, 0.25) is 0 Å². The molecule has 40 valence electrons. The molecule has 0 unspecified atom stereocenters. The van der Waals surface area contributed by atoms with Gasteiger partial charge < -0.3 is 10.2 Å². The molecule has 0 aliphatic heterocycles. The van der Waals surface area contributed by atoms with E-state index in [2.05, 4.69) is 0 Å². The minimum absolute atomic E-state index is 0.0733. The molecule has 0 bridgehead atoms. The van der Waals surface area contributed by atoms with E-state index in [9.17, 15) is 9.90 Å². The van der Waals surface area contributed by atoms with Crippen LogP contribution in [0.1, 0.15) is 0 Å². The van der Waals surface area contributed by atoms with E-state index in [4.69, 9.17) is 16.7 Å². The van der Waals surface area contributed by atoms with E-state index in [1.165, 1.54) is 0 Å². The van der Waals surface area contributed by atoms with E-state index in [-0.39, 0.29) is 6.26 Å². The van der Waals surface area contributed by atoms with E-state index in [0.29, 0.717) is 0 Å². The van der Waals surface area contributed by atoms with Gasteiger partial charge in [0, 0.05) is 0 Å². The van der Waals surface area contributed by atoms with Gasteiger partial charge in [0.1, 0.15) is 5.03 Å². The Kier molecular flexibility index (Phi) is 2.22. The molecule has 1 N–H and O–H groups in total. The van der Waals surface area contributed by atoms with Crippen molar-refractivity contribution in [2.75, 3.05) is 0 Å². The minimum atomic E-state index is -1.39. The number of carbonyl (C=O) groups is 1. The summed E-state index contributed by atoms with van der Waals surface area (Å²) in [6.45, 7) is 0. The molecule has 0 aromatic heterocycles. The Morgan fingerprint density at radius 2 is 2.29 bits per heavy atom. The number of aliphatic carboxylic acids is 1. The molecular weight excluding hydrogens is 119 g/mol. The second kappa shape index (κ2) is 2.47. The highest BCUT2D eigenvalue weighted by Gasteiger charge is 1.95. The van der Waals surface area contributed by atoms with Gasteiger partial charge in [0.25, 0.3) is 0 Å². The summed E-state index contributed by atoms with van der Waals surface area (Å²) in [6.07, 6.45) is 0.0733. The first-order valence-electron chi connectivity index (χ1n) is 1.39. The molecule has 3 nitrogen and oxygen atoms in total. The van der Waals surface area contributed by atoms with E-state index >= 15 is 0 Å². The standard InChI is InChI=1S/C3H3ClO3/c4-2(1-5)3(6)7/h1,5H,(H,6,7)/p-1/b2-1-. The minimum Gasteiger partial charge on any atom is -0.877 e. The maximum atomic E-state index is 9.53. The van der Waals surface area contributed by atoms with Crippen LogP contribution in [0.2, 0.25) is 0 Å². The molecule has 0 aromatic rings. The van der Waals surface area contributed by atoms with Crippen molar-refractivity contribution in [3.8, 4) is 0 Å². The lowest BCUT2D eigenvalue weighted by Gasteiger charge is -1.89. The number of hydrogen-bond acceptors (Lipinski definition) is 2. The zero-order valence-electron chi connectivity index (χ0n) is 3.22. The summed E-state index contributed by atoms with van der Waals surface area (Å²) < 4.78 is 0. The molecule has 0 fully saturated rings. The maximum Gasteiger partial charge on any atom is 0.346 e. The average Bonchev–Trinajstić information content (AvgIpc) is 1.65. The van der Waals surface area contributed by atoms with Gasteiger partial charge in [-0.05, 0) is 0 Å². The van der Waals surface area contributed by atoms with Gasteiger partial charge >= 0.3 is 5.97 Å². The van der Waals surface area contributed by atoms with Crippen molar-refractivity contribution in [2.24, 2.45) is 0 Å². The lowest BCUT2D eigenvalue weighted by Crippen LogP contribution is -1.98. The maximum absolute atomic E-state index is 9.53. The van der Waals surface area contributed by atoms with Crippen LogP contribution in [0.4, 0.5) is 0 Å². The van der Waals surface area contributed by atoms with E-state index in [1.54, 1.807) is 0 Å². The van der Waals surface area contributed by atoms with Crippen LogP contribution in [0.25, 0.3) is 0 Å². The first-order chi connectivity index (χ1) is 3.18. The fourth-order valence-electron chi connectivity index (χ4n) is 0.0504. The highest BCUT2D eigenvalue weighted by atomic mass is 35.5. The second-order valence-corrected chi connectivity index (χ2v) is 1.18. The molecule has 0 aliphatic rings. The SMILES string of the molecule is O=C(O)/C(Cl)=C/[O-]. The second-order valence-electron chi connectivity index (χ2n) is 0.771. The van der Waals surface area contributed by atoms with Crippen LogP contribution in [0.15, 0.2) is 11.3 Å². The number of carboxylic acid groups (broad SMARTS) is 1. The molecule has 0 heterocycles. The van der Waals surface area contributed by atoms with E-state index in [0.717, 1.165) is 0 Å². The zero-order chi connectivity index (χ0) is 5.86. The summed E-state index contributed by atoms with van der Waals surface area (Å²) in [6, 6.07) is 0. The van der Waals surface area contributed by atoms with Crippen molar-refractivity contribution in [2.45, 2.75) is 0 Å². The Morgan fingerprint density at radius 1 is 1.86 bits per heavy atom. The van der Waals surface area contributed by atoms with Crippen LogP contribution in [0.3, 0.4) is 0 Å². The van der Waals surface area contributed by atoms with Crippen LogP contribution in [-0.2, 0) is 4.79 Å². The molecule has 0 radical (unpaired) electrons. The molecule has 0 rings (SSSR count). The van der Waals surface area contributed by atoms with Gasteiger partial charge in [0.15, 0.2) is 0 Å². The summed E-state index contributed by atoms with van der Waals surface area (Å²) >= 11 is 4.75. The van der Waals surface area contributed by atoms with Crippen LogP contribution in [0, 0.1) is 0 Å². The van der Waals surface area contributed by atoms with Gasteiger partial charge in [-0.2, -0.15) is 0 Å².